The third-order valence-corrected chi connectivity index (χ3v) is 12.3. The Labute approximate surface area is 267 Å². The van der Waals surface area contributed by atoms with Crippen molar-refractivity contribution in [1.29, 1.82) is 0 Å². The van der Waals surface area contributed by atoms with Crippen LogP contribution in [0.25, 0.3) is 0 Å². The molecule has 1 spiro atoms. The minimum absolute atomic E-state index is 0.0211. The van der Waals surface area contributed by atoms with Crippen LogP contribution in [0.4, 0.5) is 0 Å². The number of aliphatic hydroxyl groups is 1. The first kappa shape index (κ1) is 32.4. The number of ketones is 1. The van der Waals surface area contributed by atoms with Crippen LogP contribution in [0.15, 0.2) is 34.7 Å². The van der Waals surface area contributed by atoms with Crippen molar-refractivity contribution in [3.8, 4) is 0 Å². The van der Waals surface area contributed by atoms with E-state index in [4.69, 9.17) is 28.1 Å². The molecule has 3 heterocycles. The molecular formula is C34H42O12. The van der Waals surface area contributed by atoms with Gasteiger partial charge in [0, 0.05) is 46.1 Å². The summed E-state index contributed by atoms with van der Waals surface area (Å²) >= 11 is 0. The SMILES string of the molecule is C/C=C(/C)C(=O)O[C@H]1C(C)(COC(C)=O)[C@H](CC(=O)OC)[C@@]2(C)C(=O)[C@]1(O)[C@H]1O[C@]13C1CC(=O)O[C@@H](c4ccoc4)[C@]1(C)CC[C@@H]23. The van der Waals surface area contributed by atoms with Gasteiger partial charge in [-0.3, -0.25) is 19.2 Å². The Morgan fingerprint density at radius 2 is 1.85 bits per heavy atom. The van der Waals surface area contributed by atoms with Crippen LogP contribution in [0.3, 0.4) is 0 Å². The summed E-state index contributed by atoms with van der Waals surface area (Å²) in [6, 6.07) is 1.75. The lowest BCUT2D eigenvalue weighted by atomic mass is 9.36. The molecule has 6 rings (SSSR count). The Morgan fingerprint density at radius 3 is 2.46 bits per heavy atom. The molecular weight excluding hydrogens is 600 g/mol. The highest BCUT2D eigenvalue weighted by Crippen LogP contribution is 2.78. The van der Waals surface area contributed by atoms with Gasteiger partial charge < -0.3 is 33.2 Å². The van der Waals surface area contributed by atoms with Crippen LogP contribution < -0.4 is 0 Å². The summed E-state index contributed by atoms with van der Waals surface area (Å²) in [5.74, 6) is -5.07. The van der Waals surface area contributed by atoms with E-state index in [9.17, 15) is 29.1 Å². The Kier molecular flexibility index (Phi) is 7.40. The molecule has 2 unspecified atom stereocenters. The van der Waals surface area contributed by atoms with Crippen molar-refractivity contribution in [1.82, 2.24) is 0 Å². The third-order valence-electron chi connectivity index (χ3n) is 12.3. The fourth-order valence-electron chi connectivity index (χ4n) is 9.98. The monoisotopic (exact) mass is 642 g/mol. The summed E-state index contributed by atoms with van der Waals surface area (Å²) in [5, 5.41) is 12.9. The number of allylic oxidation sites excluding steroid dienone is 1. The topological polar surface area (TPSA) is 168 Å². The molecule has 46 heavy (non-hydrogen) atoms. The van der Waals surface area contributed by atoms with E-state index in [1.807, 2.05) is 6.92 Å². The van der Waals surface area contributed by atoms with Crippen LogP contribution in [0.1, 0.15) is 78.9 Å². The maximum atomic E-state index is 14.9. The van der Waals surface area contributed by atoms with Crippen molar-refractivity contribution >= 4 is 29.7 Å². The normalized spacial score (nSPS) is 44.1. The van der Waals surface area contributed by atoms with Crippen LogP contribution in [0.2, 0.25) is 0 Å². The highest BCUT2D eigenvalue weighted by atomic mass is 16.6. The first-order valence-electron chi connectivity index (χ1n) is 15.8. The highest BCUT2D eigenvalue weighted by Gasteiger charge is 2.91. The molecule has 0 radical (unpaired) electrons. The molecule has 12 nitrogen and oxygen atoms in total. The number of epoxide rings is 1. The van der Waals surface area contributed by atoms with Gasteiger partial charge in [0.2, 0.25) is 0 Å². The predicted molar refractivity (Wildman–Crippen MR) is 156 cm³/mol. The summed E-state index contributed by atoms with van der Waals surface area (Å²) in [6.45, 7) is 9.47. The fraction of sp³-hybridized carbons (Fsp3) is 0.676. The van der Waals surface area contributed by atoms with Crippen LogP contribution in [0, 0.1) is 34.0 Å². The van der Waals surface area contributed by atoms with E-state index in [1.165, 1.54) is 20.3 Å². The van der Waals surface area contributed by atoms with Crippen molar-refractivity contribution in [2.24, 2.45) is 34.0 Å². The van der Waals surface area contributed by atoms with E-state index in [0.717, 1.165) is 0 Å². The molecule has 3 aliphatic carbocycles. The second kappa shape index (κ2) is 10.5. The Bertz CT molecular complexity index is 1510. The Morgan fingerprint density at radius 1 is 1.13 bits per heavy atom. The molecule has 12 heteroatoms. The van der Waals surface area contributed by atoms with Crippen molar-refractivity contribution < 1.29 is 57.2 Å². The van der Waals surface area contributed by atoms with Gasteiger partial charge in [-0.2, -0.15) is 0 Å². The van der Waals surface area contributed by atoms with E-state index in [-0.39, 0.29) is 25.0 Å². The molecule has 1 aromatic rings. The smallest absolute Gasteiger partial charge is 0.333 e. The van der Waals surface area contributed by atoms with Gasteiger partial charge in [-0.15, -0.1) is 0 Å². The Hall–Kier alpha value is -3.51. The van der Waals surface area contributed by atoms with Gasteiger partial charge in [-0.05, 0) is 38.7 Å². The molecule has 1 N–H and O–H groups in total. The second-order valence-electron chi connectivity index (χ2n) is 14.4. The van der Waals surface area contributed by atoms with Crippen LogP contribution in [-0.2, 0) is 47.7 Å². The minimum atomic E-state index is -2.40. The summed E-state index contributed by atoms with van der Waals surface area (Å²) in [5.41, 5.74) is -6.23. The van der Waals surface area contributed by atoms with Crippen molar-refractivity contribution in [3.63, 3.8) is 0 Å². The first-order chi connectivity index (χ1) is 21.6. The molecule has 2 aliphatic heterocycles. The van der Waals surface area contributed by atoms with E-state index in [2.05, 4.69) is 0 Å². The van der Waals surface area contributed by atoms with E-state index in [1.54, 1.807) is 46.1 Å². The van der Waals surface area contributed by atoms with E-state index < -0.39 is 93.2 Å². The van der Waals surface area contributed by atoms with Crippen molar-refractivity contribution in [2.75, 3.05) is 13.7 Å². The fourth-order valence-corrected chi connectivity index (χ4v) is 9.98. The largest absolute Gasteiger partial charge is 0.472 e. The highest BCUT2D eigenvalue weighted by molar-refractivity contribution is 5.99. The lowest BCUT2D eigenvalue weighted by Gasteiger charge is -2.66. The zero-order valence-electron chi connectivity index (χ0n) is 27.2. The average Bonchev–Trinajstić information content (AvgIpc) is 3.51. The maximum absolute atomic E-state index is 14.9. The number of furan rings is 1. The van der Waals surface area contributed by atoms with Crippen molar-refractivity contribution in [2.45, 2.75) is 96.7 Å². The number of Topliss-reactive ketones (excluding diaryl/α,β-unsaturated/α-hetero) is 1. The quantitative estimate of drug-likeness (QED) is 0.200. The molecule has 5 aliphatic rings. The number of hydrogen-bond donors (Lipinski definition) is 1. The molecule has 11 atom stereocenters. The number of esters is 4. The van der Waals surface area contributed by atoms with Crippen LogP contribution >= 0.6 is 0 Å². The van der Waals surface area contributed by atoms with Gasteiger partial charge >= 0.3 is 23.9 Å². The zero-order chi connectivity index (χ0) is 33.6. The standard InChI is InChI=1S/C34H42O12/c1-8-17(2)26(38)45-28-31(5,16-43-18(3)35)21(13-23(36)41-7)32(6)20-9-11-30(4)22(34(20)29(46-34)33(28,40)27(32)39)14-24(37)44-25(30)19-10-12-42-15-19/h8,10,12,15,20-22,25,28-29,40H,9,11,13-14,16H2,1-7H3/b17-8-/t20-,21-,22?,25-,28-,29+,30+,31?,32-,33+,34+/m0/s1. The predicted octanol–water partition coefficient (Wildman–Crippen LogP) is 3.40. The average molecular weight is 643 g/mol. The lowest BCUT2D eigenvalue weighted by molar-refractivity contribution is -0.259. The lowest BCUT2D eigenvalue weighted by Crippen LogP contribution is -2.81. The van der Waals surface area contributed by atoms with E-state index in [0.29, 0.717) is 18.4 Å². The van der Waals surface area contributed by atoms with Gasteiger partial charge in [0.15, 0.2) is 11.4 Å². The van der Waals surface area contributed by atoms with Crippen molar-refractivity contribution in [3.05, 3.63) is 35.8 Å². The second-order valence-corrected chi connectivity index (χ2v) is 14.4. The summed E-state index contributed by atoms with van der Waals surface area (Å²) in [4.78, 5) is 66.9. The first-order valence-corrected chi connectivity index (χ1v) is 15.8. The maximum Gasteiger partial charge on any atom is 0.333 e. The van der Waals surface area contributed by atoms with E-state index >= 15 is 0 Å². The van der Waals surface area contributed by atoms with Gasteiger partial charge in [-0.25, -0.2) is 4.79 Å². The minimum Gasteiger partial charge on any atom is -0.472 e. The third kappa shape index (κ3) is 4.07. The molecule has 0 amide bonds. The number of cyclic esters (lactones) is 1. The zero-order valence-corrected chi connectivity index (χ0v) is 27.2. The molecule has 3 saturated carbocycles. The number of rotatable bonds is 7. The molecule has 2 bridgehead atoms. The number of methoxy groups -OCH3 is 1. The number of hydrogen-bond acceptors (Lipinski definition) is 12. The summed E-state index contributed by atoms with van der Waals surface area (Å²) in [7, 11) is 1.24. The summed E-state index contributed by atoms with van der Waals surface area (Å²) in [6.07, 6.45) is 1.86. The van der Waals surface area contributed by atoms with Gasteiger partial charge in [-0.1, -0.05) is 26.8 Å². The molecule has 250 valence electrons. The Balaban J connectivity index is 1.56. The van der Waals surface area contributed by atoms with Crippen LogP contribution in [-0.4, -0.2) is 71.9 Å². The van der Waals surface area contributed by atoms with Crippen LogP contribution in [0.5, 0.6) is 0 Å². The molecule has 1 aromatic heterocycles. The number of carbonyl (C=O) groups excluding carboxylic acids is 5. The summed E-state index contributed by atoms with van der Waals surface area (Å²) < 4.78 is 34.6. The molecule has 0 aromatic carbocycles. The number of ether oxygens (including phenoxy) is 5. The van der Waals surface area contributed by atoms with Gasteiger partial charge in [0.1, 0.15) is 30.5 Å². The molecule has 5 fully saturated rings. The molecule has 2 saturated heterocycles. The van der Waals surface area contributed by atoms with Gasteiger partial charge in [0.05, 0.1) is 32.5 Å². The number of carbonyl (C=O) groups is 5. The van der Waals surface area contributed by atoms with Gasteiger partial charge in [0.25, 0.3) is 0 Å². The number of fused-ring (bicyclic) bond motifs is 5.